The number of hydrogen-bond donors (Lipinski definition) is 1. The van der Waals surface area contributed by atoms with E-state index in [1.165, 1.54) is 30.6 Å². The van der Waals surface area contributed by atoms with Crippen LogP contribution in [0.25, 0.3) is 4.85 Å². The van der Waals surface area contributed by atoms with Crippen molar-refractivity contribution < 1.29 is 0 Å². The molecular weight excluding hydrogens is 222 g/mol. The summed E-state index contributed by atoms with van der Waals surface area (Å²) in [6.07, 6.45) is 3.54. The van der Waals surface area contributed by atoms with E-state index in [9.17, 15) is 0 Å². The van der Waals surface area contributed by atoms with Gasteiger partial charge in [0.1, 0.15) is 0 Å². The molecule has 94 valence electrons. The Morgan fingerprint density at radius 2 is 2.06 bits per heavy atom. The molecule has 3 rings (SSSR count). The van der Waals surface area contributed by atoms with Crippen LogP contribution >= 0.6 is 0 Å². The molecule has 0 aromatic heterocycles. The lowest BCUT2D eigenvalue weighted by atomic mass is 9.87. The number of nitrogens with zero attached hydrogens (tertiary/aromatic N) is 2. The summed E-state index contributed by atoms with van der Waals surface area (Å²) in [5.74, 6) is 0. The van der Waals surface area contributed by atoms with Crippen LogP contribution in [0.5, 0.6) is 0 Å². The maximum atomic E-state index is 7.07. The van der Waals surface area contributed by atoms with E-state index in [1.54, 1.807) is 0 Å². The van der Waals surface area contributed by atoms with Crippen molar-refractivity contribution in [1.29, 1.82) is 0 Å². The van der Waals surface area contributed by atoms with Crippen LogP contribution in [0, 0.1) is 6.57 Å². The first-order valence-electron chi connectivity index (χ1n) is 6.81. The predicted molar refractivity (Wildman–Crippen MR) is 73.0 cm³/mol. The molecule has 2 aliphatic rings. The van der Waals surface area contributed by atoms with Crippen molar-refractivity contribution in [3.05, 3.63) is 40.7 Å². The first-order valence-corrected chi connectivity index (χ1v) is 6.81. The van der Waals surface area contributed by atoms with Crippen LogP contribution in [-0.2, 0) is 12.8 Å². The van der Waals surface area contributed by atoms with Crippen molar-refractivity contribution in [1.82, 2.24) is 10.2 Å². The van der Waals surface area contributed by atoms with E-state index in [1.807, 2.05) is 6.07 Å². The molecule has 1 heterocycles. The molecule has 18 heavy (non-hydrogen) atoms. The van der Waals surface area contributed by atoms with Gasteiger partial charge in [-0.2, -0.15) is 0 Å². The Morgan fingerprint density at radius 3 is 2.83 bits per heavy atom. The molecule has 1 atom stereocenters. The highest BCUT2D eigenvalue weighted by atomic mass is 15.2. The summed E-state index contributed by atoms with van der Waals surface area (Å²) in [4.78, 5) is 6.15. The van der Waals surface area contributed by atoms with Crippen molar-refractivity contribution in [2.24, 2.45) is 0 Å². The lowest BCUT2D eigenvalue weighted by Gasteiger charge is -2.37. The normalized spacial score (nSPS) is 24.3. The van der Waals surface area contributed by atoms with E-state index in [-0.39, 0.29) is 0 Å². The third kappa shape index (κ3) is 2.27. The van der Waals surface area contributed by atoms with Crippen LogP contribution in [0.15, 0.2) is 18.2 Å². The van der Waals surface area contributed by atoms with Gasteiger partial charge in [-0.15, -0.1) is 0 Å². The maximum absolute atomic E-state index is 7.07. The van der Waals surface area contributed by atoms with Crippen LogP contribution in [0.3, 0.4) is 0 Å². The first kappa shape index (κ1) is 11.7. The van der Waals surface area contributed by atoms with Crippen molar-refractivity contribution in [3.8, 4) is 0 Å². The third-order valence-corrected chi connectivity index (χ3v) is 4.19. The molecule has 0 amide bonds. The number of fused-ring (bicyclic) bond motifs is 1. The fourth-order valence-electron chi connectivity index (χ4n) is 3.15. The highest BCUT2D eigenvalue weighted by Gasteiger charge is 2.25. The molecule has 0 saturated carbocycles. The Morgan fingerprint density at radius 1 is 1.22 bits per heavy atom. The number of hydrogen-bond acceptors (Lipinski definition) is 2. The van der Waals surface area contributed by atoms with E-state index in [4.69, 9.17) is 6.57 Å². The molecule has 1 aromatic rings. The molecule has 1 fully saturated rings. The molecule has 1 saturated heterocycles. The zero-order valence-corrected chi connectivity index (χ0v) is 10.7. The fraction of sp³-hybridized carbons (Fsp3) is 0.533. The Kier molecular flexibility index (Phi) is 3.31. The van der Waals surface area contributed by atoms with Gasteiger partial charge in [0.15, 0.2) is 5.69 Å². The van der Waals surface area contributed by atoms with Crippen LogP contribution in [0.2, 0.25) is 0 Å². The summed E-state index contributed by atoms with van der Waals surface area (Å²) in [6, 6.07) is 6.91. The van der Waals surface area contributed by atoms with Crippen molar-refractivity contribution in [3.63, 3.8) is 0 Å². The topological polar surface area (TPSA) is 19.6 Å². The number of rotatable bonds is 1. The molecule has 1 N–H and O–H groups in total. The Balaban J connectivity index is 1.75. The minimum absolute atomic E-state index is 0.707. The molecule has 1 aromatic carbocycles. The van der Waals surface area contributed by atoms with E-state index in [0.717, 1.165) is 31.6 Å². The summed E-state index contributed by atoms with van der Waals surface area (Å²) >= 11 is 0. The molecule has 3 heteroatoms. The Hall–Kier alpha value is -1.37. The number of aryl methyl sites for hydroxylation is 1. The summed E-state index contributed by atoms with van der Waals surface area (Å²) in [5.41, 5.74) is 3.64. The van der Waals surface area contributed by atoms with Crippen LogP contribution in [0.4, 0.5) is 5.69 Å². The van der Waals surface area contributed by atoms with Gasteiger partial charge in [0.2, 0.25) is 0 Å². The monoisotopic (exact) mass is 241 g/mol. The lowest BCUT2D eigenvalue weighted by molar-refractivity contribution is 0.159. The molecule has 1 aliphatic carbocycles. The smallest absolute Gasteiger partial charge is 0.187 e. The highest BCUT2D eigenvalue weighted by molar-refractivity contribution is 5.50. The number of piperazine rings is 1. The van der Waals surface area contributed by atoms with Gasteiger partial charge < -0.3 is 5.32 Å². The second-order valence-electron chi connectivity index (χ2n) is 5.25. The average Bonchev–Trinajstić information content (AvgIpc) is 2.47. The number of nitrogens with one attached hydrogen (secondary N) is 1. The Bertz CT molecular complexity index is 469. The molecule has 0 spiro atoms. The third-order valence-electron chi connectivity index (χ3n) is 4.19. The molecule has 0 unspecified atom stereocenters. The first-order chi connectivity index (χ1) is 8.86. The minimum atomic E-state index is 0.707. The molecule has 0 bridgehead atoms. The van der Waals surface area contributed by atoms with Gasteiger partial charge in [-0.3, -0.25) is 4.90 Å². The van der Waals surface area contributed by atoms with Crippen molar-refractivity contribution in [2.45, 2.75) is 25.3 Å². The van der Waals surface area contributed by atoms with Crippen molar-refractivity contribution >= 4 is 5.69 Å². The lowest BCUT2D eigenvalue weighted by Crippen LogP contribution is -2.50. The largest absolute Gasteiger partial charge is 0.314 e. The number of benzene rings is 1. The zero-order valence-electron chi connectivity index (χ0n) is 10.7. The summed E-state index contributed by atoms with van der Waals surface area (Å²) < 4.78 is 0. The van der Waals surface area contributed by atoms with E-state index in [2.05, 4.69) is 27.2 Å². The zero-order chi connectivity index (χ0) is 12.4. The summed E-state index contributed by atoms with van der Waals surface area (Å²) in [7, 11) is 0. The second-order valence-corrected chi connectivity index (χ2v) is 5.25. The molecule has 0 radical (unpaired) electrons. The molecular formula is C15H19N3. The highest BCUT2D eigenvalue weighted by Crippen LogP contribution is 2.28. The maximum Gasteiger partial charge on any atom is 0.187 e. The van der Waals surface area contributed by atoms with E-state index < -0.39 is 0 Å². The SMILES string of the molecule is [C-]#[N+]c1ccc2c(c1)CC[C@@H](N1CCNCC1)C2. The van der Waals surface area contributed by atoms with Gasteiger partial charge in [-0.05, 0) is 24.8 Å². The van der Waals surface area contributed by atoms with Crippen LogP contribution < -0.4 is 5.32 Å². The van der Waals surface area contributed by atoms with Gasteiger partial charge in [0.05, 0.1) is 6.57 Å². The molecule has 3 nitrogen and oxygen atoms in total. The van der Waals surface area contributed by atoms with Crippen molar-refractivity contribution in [2.75, 3.05) is 26.2 Å². The second kappa shape index (κ2) is 5.09. The van der Waals surface area contributed by atoms with Gasteiger partial charge in [0.25, 0.3) is 0 Å². The van der Waals surface area contributed by atoms with E-state index in [0.29, 0.717) is 6.04 Å². The van der Waals surface area contributed by atoms with Crippen LogP contribution in [0.1, 0.15) is 17.5 Å². The fourth-order valence-corrected chi connectivity index (χ4v) is 3.15. The standard InChI is InChI=1S/C15H19N3/c1-16-14-4-2-13-11-15(5-3-12(13)10-14)18-8-6-17-7-9-18/h2,4,10,15,17H,3,5-9,11H2/t15-/m1/s1. The summed E-state index contributed by atoms with van der Waals surface area (Å²) in [6.45, 7) is 11.7. The molecule has 1 aliphatic heterocycles. The summed E-state index contributed by atoms with van der Waals surface area (Å²) in [5, 5.41) is 3.41. The van der Waals surface area contributed by atoms with Gasteiger partial charge >= 0.3 is 0 Å². The quantitative estimate of drug-likeness (QED) is 0.759. The van der Waals surface area contributed by atoms with Gasteiger partial charge in [-0.1, -0.05) is 23.8 Å². The van der Waals surface area contributed by atoms with Gasteiger partial charge in [0, 0.05) is 32.2 Å². The predicted octanol–water partition coefficient (Wildman–Crippen LogP) is 2.00. The minimum Gasteiger partial charge on any atom is -0.314 e. The van der Waals surface area contributed by atoms with E-state index >= 15 is 0 Å². The van der Waals surface area contributed by atoms with Gasteiger partial charge in [-0.25, -0.2) is 4.85 Å². The average molecular weight is 241 g/mol. The Labute approximate surface area is 109 Å². The van der Waals surface area contributed by atoms with Crippen LogP contribution in [-0.4, -0.2) is 37.1 Å².